The number of carboxylic acid groups (broad SMARTS) is 1. The first-order valence-electron chi connectivity index (χ1n) is 18.0. The average Bonchev–Trinajstić information content (AvgIpc) is 3.09. The predicted molar refractivity (Wildman–Crippen MR) is 201 cm³/mol. The van der Waals surface area contributed by atoms with Crippen molar-refractivity contribution in [3.63, 3.8) is 0 Å². The van der Waals surface area contributed by atoms with Crippen molar-refractivity contribution in [1.29, 1.82) is 0 Å². The third-order valence-electron chi connectivity index (χ3n) is 8.09. The Morgan fingerprint density at radius 3 is 1.60 bits per heavy atom. The first kappa shape index (κ1) is 47.2. The highest BCUT2D eigenvalue weighted by Crippen LogP contribution is 2.10. The number of primary amides is 1. The summed E-state index contributed by atoms with van der Waals surface area (Å²) >= 11 is 0. The molecule has 304 valence electrons. The third kappa shape index (κ3) is 17.7. The van der Waals surface area contributed by atoms with Crippen molar-refractivity contribution in [3.8, 4) is 0 Å². The monoisotopic (exact) mass is 772 g/mol. The molecule has 0 aliphatic carbocycles. The lowest BCUT2D eigenvalue weighted by Crippen LogP contribution is -2.59. The van der Waals surface area contributed by atoms with E-state index < -0.39 is 102 Å². The summed E-state index contributed by atoms with van der Waals surface area (Å²) in [5.74, 6) is -7.94. The van der Waals surface area contributed by atoms with E-state index in [-0.39, 0.29) is 24.7 Å². The summed E-state index contributed by atoms with van der Waals surface area (Å²) in [4.78, 5) is 112. The molecule has 1 rings (SSSR count). The van der Waals surface area contributed by atoms with Crippen LogP contribution < -0.4 is 43.0 Å². The Balaban J connectivity index is 2.71. The molecule has 0 saturated carbocycles. The van der Waals surface area contributed by atoms with Crippen LogP contribution in [-0.4, -0.2) is 101 Å². The lowest BCUT2D eigenvalue weighted by atomic mass is 9.98. The van der Waals surface area contributed by atoms with E-state index in [1.165, 1.54) is 13.8 Å². The van der Waals surface area contributed by atoms with E-state index >= 15 is 0 Å². The minimum Gasteiger partial charge on any atom is -0.480 e. The van der Waals surface area contributed by atoms with Gasteiger partial charge in [-0.05, 0) is 43.6 Å². The molecule has 0 saturated heterocycles. The molecule has 0 heterocycles. The Morgan fingerprint density at radius 1 is 0.618 bits per heavy atom. The quantitative estimate of drug-likeness (QED) is 0.0634. The highest BCUT2D eigenvalue weighted by molar-refractivity contribution is 6.00. The van der Waals surface area contributed by atoms with E-state index in [1.54, 1.807) is 58.0 Å². The van der Waals surface area contributed by atoms with Gasteiger partial charge < -0.3 is 48.1 Å². The summed E-state index contributed by atoms with van der Waals surface area (Å²) in [5.41, 5.74) is 6.11. The van der Waals surface area contributed by atoms with Crippen LogP contribution in [0.3, 0.4) is 0 Å². The Labute approximate surface area is 320 Å². The van der Waals surface area contributed by atoms with E-state index in [1.807, 2.05) is 13.8 Å². The number of amides is 8. The van der Waals surface area contributed by atoms with Gasteiger partial charge in [0.2, 0.25) is 47.3 Å². The first-order chi connectivity index (χ1) is 25.6. The van der Waals surface area contributed by atoms with Gasteiger partial charge in [-0.1, -0.05) is 71.9 Å². The molecular formula is C37H56N8O10. The standard InChI is InChI=1S/C37H56N8O10/c1-19(2)16-25(35(52)45-31(21(5)6)36(53)44-30(20(3)4)32(38)49)43-34(51)23(8)41-28(47)15-14-27(46)40-22(7)33(50)39-18-29(48)42-26(37(54)55)17-24-12-10-9-11-13-24/h9-15,19-23,25-26,30-31H,16-18H2,1-8H3,(H2,38,49)(H,39,50)(H,40,46)(H,41,47)(H,42,48)(H,43,51)(H,44,53)(H,45,52)(H,54,55)/b15-14+/t22-,23-,25-,26-,30-,31-/m0/s1. The molecule has 8 amide bonds. The molecule has 18 heteroatoms. The Morgan fingerprint density at radius 2 is 1.13 bits per heavy atom. The molecule has 0 aliphatic rings. The molecule has 18 nitrogen and oxygen atoms in total. The number of nitrogens with two attached hydrogens (primary N) is 1. The summed E-state index contributed by atoms with van der Waals surface area (Å²) in [6.07, 6.45) is 1.87. The van der Waals surface area contributed by atoms with Gasteiger partial charge in [-0.25, -0.2) is 4.79 Å². The lowest BCUT2D eigenvalue weighted by molar-refractivity contribution is -0.141. The van der Waals surface area contributed by atoms with Crippen molar-refractivity contribution in [2.24, 2.45) is 23.5 Å². The van der Waals surface area contributed by atoms with Crippen LogP contribution in [-0.2, 0) is 49.6 Å². The van der Waals surface area contributed by atoms with Gasteiger partial charge in [0.15, 0.2) is 0 Å². The van der Waals surface area contributed by atoms with Gasteiger partial charge in [0.05, 0.1) is 6.54 Å². The van der Waals surface area contributed by atoms with Gasteiger partial charge in [0.1, 0.15) is 36.3 Å². The molecule has 6 atom stereocenters. The number of hydrogen-bond donors (Lipinski definition) is 9. The van der Waals surface area contributed by atoms with E-state index in [0.717, 1.165) is 12.2 Å². The van der Waals surface area contributed by atoms with Crippen molar-refractivity contribution in [1.82, 2.24) is 37.2 Å². The molecule has 0 radical (unpaired) electrons. The summed E-state index contributed by atoms with van der Waals surface area (Å²) in [6.45, 7) is 12.6. The van der Waals surface area contributed by atoms with E-state index in [2.05, 4.69) is 37.2 Å². The minimum absolute atomic E-state index is 0.0302. The fourth-order valence-corrected chi connectivity index (χ4v) is 5.02. The van der Waals surface area contributed by atoms with Crippen LogP contribution >= 0.6 is 0 Å². The van der Waals surface area contributed by atoms with Crippen molar-refractivity contribution >= 4 is 53.2 Å². The summed E-state index contributed by atoms with van der Waals surface area (Å²) < 4.78 is 0. The number of aliphatic carboxylic acids is 1. The molecule has 0 aliphatic heterocycles. The number of carbonyl (C=O) groups excluding carboxylic acids is 8. The average molecular weight is 773 g/mol. The van der Waals surface area contributed by atoms with Crippen LogP contribution in [0.5, 0.6) is 0 Å². The van der Waals surface area contributed by atoms with Crippen molar-refractivity contribution < 1.29 is 48.3 Å². The number of hydrogen-bond acceptors (Lipinski definition) is 9. The highest BCUT2D eigenvalue weighted by atomic mass is 16.4. The maximum absolute atomic E-state index is 13.3. The van der Waals surface area contributed by atoms with Gasteiger partial charge in [-0.2, -0.15) is 0 Å². The fraction of sp³-hybridized carbons (Fsp3) is 0.541. The zero-order valence-corrected chi connectivity index (χ0v) is 32.6. The van der Waals surface area contributed by atoms with Gasteiger partial charge in [-0.15, -0.1) is 0 Å². The van der Waals surface area contributed by atoms with E-state index in [9.17, 15) is 48.3 Å². The number of carboxylic acids is 1. The number of benzene rings is 1. The fourth-order valence-electron chi connectivity index (χ4n) is 5.02. The molecule has 55 heavy (non-hydrogen) atoms. The SMILES string of the molecule is CC(C)C[C@H](NC(=O)[C@H](C)NC(=O)/C=C/C(=O)N[C@@H](C)C(=O)NCC(=O)N[C@@H](Cc1ccccc1)C(=O)O)C(=O)N[C@H](C(=O)N[C@H](C(N)=O)C(C)C)C(C)C. The summed E-state index contributed by atoms with van der Waals surface area (Å²) in [7, 11) is 0. The Hall–Kier alpha value is -5.81. The third-order valence-corrected chi connectivity index (χ3v) is 8.09. The second kappa shape index (κ2) is 23.1. The second-order valence-electron chi connectivity index (χ2n) is 14.2. The van der Waals surface area contributed by atoms with Crippen LogP contribution in [0, 0.1) is 17.8 Å². The predicted octanol–water partition coefficient (Wildman–Crippen LogP) is -1.22. The van der Waals surface area contributed by atoms with Crippen LogP contribution in [0.1, 0.15) is 67.4 Å². The highest BCUT2D eigenvalue weighted by Gasteiger charge is 2.32. The number of nitrogens with one attached hydrogen (secondary N) is 7. The minimum atomic E-state index is -1.25. The van der Waals surface area contributed by atoms with E-state index in [4.69, 9.17) is 5.73 Å². The topological polar surface area (TPSA) is 284 Å². The number of rotatable bonds is 22. The van der Waals surface area contributed by atoms with E-state index in [0.29, 0.717) is 5.56 Å². The summed E-state index contributed by atoms with van der Waals surface area (Å²) in [5, 5.41) is 26.6. The smallest absolute Gasteiger partial charge is 0.326 e. The van der Waals surface area contributed by atoms with Gasteiger partial charge in [-0.3, -0.25) is 38.4 Å². The van der Waals surface area contributed by atoms with Crippen molar-refractivity contribution in [3.05, 3.63) is 48.0 Å². The zero-order valence-electron chi connectivity index (χ0n) is 32.6. The van der Waals surface area contributed by atoms with Gasteiger partial charge >= 0.3 is 5.97 Å². The maximum atomic E-state index is 13.3. The molecule has 0 bridgehead atoms. The largest absolute Gasteiger partial charge is 0.480 e. The molecule has 0 spiro atoms. The van der Waals surface area contributed by atoms with Crippen molar-refractivity contribution in [2.75, 3.05) is 6.54 Å². The first-order valence-corrected chi connectivity index (χ1v) is 18.0. The molecule has 1 aromatic rings. The second-order valence-corrected chi connectivity index (χ2v) is 14.2. The van der Waals surface area contributed by atoms with Crippen LogP contribution in [0.2, 0.25) is 0 Å². The van der Waals surface area contributed by atoms with Gasteiger partial charge in [0.25, 0.3) is 0 Å². The normalized spacial score (nSPS) is 14.5. The Kier molecular flexibility index (Phi) is 19.8. The number of carbonyl (C=O) groups is 9. The summed E-state index contributed by atoms with van der Waals surface area (Å²) in [6, 6.07) is 2.01. The lowest BCUT2D eigenvalue weighted by Gasteiger charge is -2.28. The maximum Gasteiger partial charge on any atom is 0.326 e. The van der Waals surface area contributed by atoms with Crippen LogP contribution in [0.25, 0.3) is 0 Å². The molecule has 0 fully saturated rings. The van der Waals surface area contributed by atoms with Crippen molar-refractivity contribution in [2.45, 2.75) is 104 Å². The van der Waals surface area contributed by atoms with Crippen LogP contribution in [0.15, 0.2) is 42.5 Å². The van der Waals surface area contributed by atoms with Crippen LogP contribution in [0.4, 0.5) is 0 Å². The zero-order chi connectivity index (χ0) is 42.0. The molecule has 0 aromatic heterocycles. The molecule has 0 unspecified atom stereocenters. The molecular weight excluding hydrogens is 716 g/mol. The van der Waals surface area contributed by atoms with Gasteiger partial charge in [0, 0.05) is 18.6 Å². The molecule has 1 aromatic carbocycles. The molecule has 10 N–H and O–H groups in total. The Bertz CT molecular complexity index is 1560.